The van der Waals surface area contributed by atoms with Gasteiger partial charge in [0.25, 0.3) is 5.91 Å². The van der Waals surface area contributed by atoms with Crippen LogP contribution in [0.2, 0.25) is 0 Å². The molecule has 0 unspecified atom stereocenters. The fourth-order valence-electron chi connectivity index (χ4n) is 1.46. The average Bonchev–Trinajstić information content (AvgIpc) is 2.48. The van der Waals surface area contributed by atoms with Crippen molar-refractivity contribution in [2.75, 3.05) is 6.54 Å². The maximum atomic E-state index is 11.9. The first kappa shape index (κ1) is 13.2. The van der Waals surface area contributed by atoms with Gasteiger partial charge in [-0.15, -0.1) is 0 Å². The van der Waals surface area contributed by atoms with Crippen LogP contribution < -0.4 is 0 Å². The zero-order valence-electron chi connectivity index (χ0n) is 9.15. The summed E-state index contributed by atoms with van der Waals surface area (Å²) >= 11 is 6.20. The molecular formula is C10H13NO3S2. The first-order valence-electron chi connectivity index (χ1n) is 4.98. The third kappa shape index (κ3) is 2.62. The molecule has 1 rings (SSSR count). The Kier molecular flexibility index (Phi) is 4.49. The highest BCUT2D eigenvalue weighted by molar-refractivity contribution is 8.26. The highest BCUT2D eigenvalue weighted by Gasteiger charge is 2.34. The summed E-state index contributed by atoms with van der Waals surface area (Å²) < 4.78 is 0.335. The van der Waals surface area contributed by atoms with Crippen molar-refractivity contribution >= 4 is 40.2 Å². The lowest BCUT2D eigenvalue weighted by Gasteiger charge is -2.10. The number of thioether (sulfide) groups is 1. The summed E-state index contributed by atoms with van der Waals surface area (Å²) in [4.78, 5) is 24.2. The van der Waals surface area contributed by atoms with Crippen LogP contribution in [0.4, 0.5) is 0 Å². The van der Waals surface area contributed by atoms with Gasteiger partial charge in [0.05, 0.1) is 4.91 Å². The third-order valence-corrected chi connectivity index (χ3v) is 3.85. The van der Waals surface area contributed by atoms with Gasteiger partial charge in [-0.2, -0.15) is 0 Å². The van der Waals surface area contributed by atoms with Crippen molar-refractivity contribution in [2.45, 2.75) is 26.7 Å². The molecular weight excluding hydrogens is 246 g/mol. The fraction of sp³-hybridized carbons (Fsp3) is 0.500. The predicted molar refractivity (Wildman–Crippen MR) is 67.1 cm³/mol. The minimum absolute atomic E-state index is 0.267. The predicted octanol–water partition coefficient (Wildman–Crippen LogP) is 2.01. The Bertz CT molecular complexity index is 370. The number of thiocarbonyl (C=S) groups is 1. The Balaban J connectivity index is 2.98. The number of hydrogen-bond donors (Lipinski definition) is 1. The molecule has 0 radical (unpaired) electrons. The van der Waals surface area contributed by atoms with E-state index in [-0.39, 0.29) is 12.5 Å². The fourth-order valence-corrected chi connectivity index (χ4v) is 2.92. The summed E-state index contributed by atoms with van der Waals surface area (Å²) in [6, 6.07) is 0. The van der Waals surface area contributed by atoms with E-state index in [0.29, 0.717) is 9.23 Å². The van der Waals surface area contributed by atoms with E-state index in [4.69, 9.17) is 17.3 Å². The minimum atomic E-state index is -1.05. The van der Waals surface area contributed by atoms with E-state index >= 15 is 0 Å². The maximum absolute atomic E-state index is 11.9. The van der Waals surface area contributed by atoms with Crippen LogP contribution in [0.15, 0.2) is 10.5 Å². The molecule has 1 aliphatic rings. The summed E-state index contributed by atoms with van der Waals surface area (Å²) in [6.45, 7) is 3.60. The highest BCUT2D eigenvalue weighted by Crippen LogP contribution is 2.34. The summed E-state index contributed by atoms with van der Waals surface area (Å²) in [7, 11) is 0. The van der Waals surface area contributed by atoms with E-state index in [9.17, 15) is 9.59 Å². The number of hydrogen-bond acceptors (Lipinski definition) is 4. The van der Waals surface area contributed by atoms with Crippen molar-refractivity contribution in [1.29, 1.82) is 0 Å². The second kappa shape index (κ2) is 5.45. The Morgan fingerprint density at radius 3 is 2.44 bits per heavy atom. The topological polar surface area (TPSA) is 57.6 Å². The Morgan fingerprint density at radius 2 is 2.00 bits per heavy atom. The van der Waals surface area contributed by atoms with Gasteiger partial charge in [-0.1, -0.05) is 43.4 Å². The normalized spacial score (nSPS) is 15.9. The van der Waals surface area contributed by atoms with E-state index in [1.54, 1.807) is 0 Å². The van der Waals surface area contributed by atoms with E-state index in [0.717, 1.165) is 23.3 Å². The van der Waals surface area contributed by atoms with Gasteiger partial charge >= 0.3 is 5.97 Å². The summed E-state index contributed by atoms with van der Waals surface area (Å²) in [5, 5.41) is 8.67. The van der Waals surface area contributed by atoms with E-state index < -0.39 is 5.97 Å². The number of allylic oxidation sites excluding steroid dienone is 1. The van der Waals surface area contributed by atoms with Crippen molar-refractivity contribution in [3.8, 4) is 0 Å². The first-order valence-corrected chi connectivity index (χ1v) is 6.21. The molecule has 0 aromatic rings. The molecule has 0 atom stereocenters. The van der Waals surface area contributed by atoms with Crippen LogP contribution in [-0.2, 0) is 9.59 Å². The number of rotatable bonds is 4. The lowest BCUT2D eigenvalue weighted by atomic mass is 10.1. The average molecular weight is 259 g/mol. The summed E-state index contributed by atoms with van der Waals surface area (Å²) in [6.07, 6.45) is 1.57. The lowest BCUT2D eigenvalue weighted by Crippen LogP contribution is -2.33. The smallest absolute Gasteiger partial charge is 0.323 e. The van der Waals surface area contributed by atoms with Crippen LogP contribution >= 0.6 is 24.0 Å². The van der Waals surface area contributed by atoms with Crippen LogP contribution in [0, 0.1) is 0 Å². The summed E-state index contributed by atoms with van der Waals surface area (Å²) in [5.41, 5.74) is 1.03. The van der Waals surface area contributed by atoms with Crippen molar-refractivity contribution < 1.29 is 14.7 Å². The molecule has 1 saturated heterocycles. The monoisotopic (exact) mass is 259 g/mol. The quantitative estimate of drug-likeness (QED) is 0.618. The molecule has 1 aliphatic heterocycles. The number of amides is 1. The number of nitrogens with zero attached hydrogens (tertiary/aromatic N) is 1. The van der Waals surface area contributed by atoms with Crippen LogP contribution in [0.3, 0.4) is 0 Å². The van der Waals surface area contributed by atoms with Gasteiger partial charge in [-0.25, -0.2) is 0 Å². The standard InChI is InChI=1S/C10H13NO3S2/c1-3-6(4-2)8-9(14)11(5-7(12)13)10(15)16-8/h3-5H2,1-2H3,(H,12,13). The molecule has 0 saturated carbocycles. The molecule has 1 amide bonds. The third-order valence-electron chi connectivity index (χ3n) is 2.32. The van der Waals surface area contributed by atoms with Crippen molar-refractivity contribution in [3.05, 3.63) is 10.5 Å². The van der Waals surface area contributed by atoms with E-state index in [1.165, 1.54) is 11.8 Å². The van der Waals surface area contributed by atoms with Crippen LogP contribution in [-0.4, -0.2) is 32.7 Å². The van der Waals surface area contributed by atoms with Gasteiger partial charge in [-0.3, -0.25) is 14.5 Å². The Morgan fingerprint density at radius 1 is 1.44 bits per heavy atom. The molecule has 0 aromatic carbocycles. The largest absolute Gasteiger partial charge is 0.480 e. The Hall–Kier alpha value is -0.880. The molecule has 0 aliphatic carbocycles. The molecule has 88 valence electrons. The van der Waals surface area contributed by atoms with Crippen molar-refractivity contribution in [2.24, 2.45) is 0 Å². The van der Waals surface area contributed by atoms with Gasteiger partial charge in [0.2, 0.25) is 0 Å². The molecule has 16 heavy (non-hydrogen) atoms. The molecule has 1 heterocycles. The van der Waals surface area contributed by atoms with Crippen LogP contribution in [0.25, 0.3) is 0 Å². The number of carboxylic acid groups (broad SMARTS) is 1. The van der Waals surface area contributed by atoms with E-state index in [2.05, 4.69) is 0 Å². The molecule has 0 spiro atoms. The molecule has 1 fully saturated rings. The molecule has 0 bridgehead atoms. The SMILES string of the molecule is CCC(CC)=C1SC(=S)N(CC(=O)O)C1=O. The number of carbonyl (C=O) groups excluding carboxylic acids is 1. The lowest BCUT2D eigenvalue weighted by molar-refractivity contribution is -0.140. The van der Waals surface area contributed by atoms with E-state index in [1.807, 2.05) is 13.8 Å². The second-order valence-corrected chi connectivity index (χ2v) is 4.94. The van der Waals surface area contributed by atoms with Gasteiger partial charge in [0.15, 0.2) is 0 Å². The number of aliphatic carboxylic acids is 1. The Labute approximate surface area is 104 Å². The molecule has 4 nitrogen and oxygen atoms in total. The molecule has 0 aromatic heterocycles. The van der Waals surface area contributed by atoms with Gasteiger partial charge in [-0.05, 0) is 12.8 Å². The molecule has 1 N–H and O–H groups in total. The van der Waals surface area contributed by atoms with Gasteiger partial charge < -0.3 is 5.11 Å². The first-order chi connectivity index (χ1) is 7.51. The number of carboxylic acids is 1. The summed E-state index contributed by atoms with van der Waals surface area (Å²) in [5.74, 6) is -1.32. The van der Waals surface area contributed by atoms with Crippen molar-refractivity contribution in [1.82, 2.24) is 4.90 Å². The van der Waals surface area contributed by atoms with Crippen LogP contribution in [0.5, 0.6) is 0 Å². The minimum Gasteiger partial charge on any atom is -0.480 e. The zero-order valence-corrected chi connectivity index (χ0v) is 10.8. The number of carbonyl (C=O) groups is 2. The van der Waals surface area contributed by atoms with Gasteiger partial charge in [0, 0.05) is 0 Å². The van der Waals surface area contributed by atoms with Crippen molar-refractivity contribution in [3.63, 3.8) is 0 Å². The second-order valence-electron chi connectivity index (χ2n) is 3.29. The maximum Gasteiger partial charge on any atom is 0.323 e. The highest BCUT2D eigenvalue weighted by atomic mass is 32.2. The van der Waals surface area contributed by atoms with Gasteiger partial charge in [0.1, 0.15) is 10.9 Å². The van der Waals surface area contributed by atoms with Crippen LogP contribution in [0.1, 0.15) is 26.7 Å². The zero-order chi connectivity index (χ0) is 12.3. The molecule has 6 heteroatoms.